The number of unbranched alkanes of at least 4 members (excludes halogenated alkanes) is 44. The molecule has 0 spiro atoms. The van der Waals surface area contributed by atoms with Crippen LogP contribution in [0, 0.1) is 0 Å². The summed E-state index contributed by atoms with van der Waals surface area (Å²) in [7, 11) is 5.99. The highest BCUT2D eigenvalue weighted by atomic mass is 16.7. The number of carbonyl (C=O) groups excluding carboxylic acids is 2. The van der Waals surface area contributed by atoms with Crippen molar-refractivity contribution in [3.63, 3.8) is 0 Å². The molecule has 0 aliphatic heterocycles. The lowest BCUT2D eigenvalue weighted by molar-refractivity contribution is -0.870. The SMILES string of the molecule is CC/C=C\C/C=C\C/C=C\C/C=C\C/C=C\C/C=C\C/C=C\CCCCCCCCCCCCCCCC(=O)OC(COC(=O)CCCCCCCCCCCCCCCCCCCCCCCCCCCC/C=C\C/C=C\C/C=C\CCCCCCC)COC(OCC[N+](C)(C)C)C(=O)O. The molecule has 1 N–H and O–H groups in total. The fraction of sp³-hybridized carbons (Fsp3) is 0.750. The molecule has 9 nitrogen and oxygen atoms in total. The average molecular weight is 1410 g/mol. The molecule has 0 aliphatic carbocycles. The van der Waals surface area contributed by atoms with Gasteiger partial charge in [0, 0.05) is 12.8 Å². The Hall–Kier alpha value is -4.31. The number of allylic oxidation sites excluding steroid dienone is 20. The van der Waals surface area contributed by atoms with E-state index in [0.29, 0.717) is 17.4 Å². The highest BCUT2D eigenvalue weighted by molar-refractivity contribution is 5.71. The first-order valence-electron chi connectivity index (χ1n) is 42.7. The van der Waals surface area contributed by atoms with Crippen molar-refractivity contribution >= 4 is 17.9 Å². The first kappa shape index (κ1) is 96.7. The van der Waals surface area contributed by atoms with Crippen LogP contribution in [-0.4, -0.2) is 87.4 Å². The average Bonchev–Trinajstić information content (AvgIpc) is 1.25. The van der Waals surface area contributed by atoms with E-state index in [1.54, 1.807) is 0 Å². The van der Waals surface area contributed by atoms with Crippen molar-refractivity contribution in [3.05, 3.63) is 122 Å². The smallest absolute Gasteiger partial charge is 0.361 e. The van der Waals surface area contributed by atoms with Gasteiger partial charge in [-0.3, -0.25) is 9.59 Å². The summed E-state index contributed by atoms with van der Waals surface area (Å²) < 4.78 is 23.1. The number of rotatable bonds is 79. The highest BCUT2D eigenvalue weighted by Gasteiger charge is 2.25. The summed E-state index contributed by atoms with van der Waals surface area (Å²) in [6, 6.07) is 0. The number of carboxylic acids is 1. The second-order valence-corrected chi connectivity index (χ2v) is 29.8. The molecule has 0 aromatic heterocycles. The third-order valence-corrected chi connectivity index (χ3v) is 18.7. The van der Waals surface area contributed by atoms with Crippen LogP contribution in [0.5, 0.6) is 0 Å². The van der Waals surface area contributed by atoms with E-state index >= 15 is 0 Å². The fourth-order valence-electron chi connectivity index (χ4n) is 12.2. The van der Waals surface area contributed by atoms with Gasteiger partial charge in [0.15, 0.2) is 6.10 Å². The standard InChI is InChI=1S/C92H161NO8/c1-6-8-10-12-14-16-18-20-22-24-26-28-30-32-34-36-38-40-42-43-44-45-46-47-49-50-52-54-56-58-60-62-64-66-68-70-72-74-76-78-80-82-89(94)99-86-88(87-100-92(91(96)97)98-85-84-93(3,4)5)101-90(95)83-81-79-77-75-73-71-69-67-65-63-61-59-57-55-53-51-48-41-39-37-35-33-31-29-27-25-23-21-19-17-15-13-11-9-7-2/h9,11,15,17-18,20-21,23-24,26-27,29-30,32-33,35,39,41,51,53,88,92H,6-8,10,12-14,16,19,22,25,28,31,34,36-38,40,42-50,52,54-87H2,1-5H3/p+1/b11-9-,17-15-,20-18-,23-21-,26-24-,29-27-,32-30-,35-33-,41-39-,53-51-. The Morgan fingerprint density at radius 3 is 0.842 bits per heavy atom. The van der Waals surface area contributed by atoms with E-state index in [4.69, 9.17) is 18.9 Å². The van der Waals surface area contributed by atoms with Crippen LogP contribution < -0.4 is 0 Å². The molecule has 0 fully saturated rings. The Morgan fingerprint density at radius 2 is 0.564 bits per heavy atom. The quantitative estimate of drug-likeness (QED) is 0.0211. The zero-order valence-corrected chi connectivity index (χ0v) is 66.8. The molecule has 0 radical (unpaired) electrons. The molecule has 2 unspecified atom stereocenters. The van der Waals surface area contributed by atoms with E-state index in [2.05, 4.69) is 135 Å². The predicted octanol–water partition coefficient (Wildman–Crippen LogP) is 27.8. The maximum absolute atomic E-state index is 13.0. The topological polar surface area (TPSA) is 108 Å². The van der Waals surface area contributed by atoms with Crippen LogP contribution in [0.3, 0.4) is 0 Å². The number of ether oxygens (including phenoxy) is 4. The van der Waals surface area contributed by atoms with Gasteiger partial charge < -0.3 is 28.5 Å². The molecular formula is C92H162NO8+. The van der Waals surface area contributed by atoms with Gasteiger partial charge in [-0.1, -0.05) is 386 Å². The summed E-state index contributed by atoms with van der Waals surface area (Å²) in [6.07, 6.45) is 114. The molecular weight excluding hydrogens is 1250 g/mol. The minimum Gasteiger partial charge on any atom is -0.477 e. The van der Waals surface area contributed by atoms with E-state index in [-0.39, 0.29) is 32.2 Å². The van der Waals surface area contributed by atoms with Crippen LogP contribution in [-0.2, 0) is 33.3 Å². The molecule has 101 heavy (non-hydrogen) atoms. The Kier molecular flexibility index (Phi) is 77.9. The number of nitrogens with zero attached hydrogens (tertiary/aromatic N) is 1. The van der Waals surface area contributed by atoms with Crippen LogP contribution in [0.2, 0.25) is 0 Å². The van der Waals surface area contributed by atoms with E-state index in [1.807, 2.05) is 21.1 Å². The van der Waals surface area contributed by atoms with Crippen molar-refractivity contribution in [2.75, 3.05) is 47.5 Å². The molecule has 0 aromatic rings. The molecule has 0 saturated carbocycles. The van der Waals surface area contributed by atoms with Gasteiger partial charge in [0.2, 0.25) is 0 Å². The fourth-order valence-corrected chi connectivity index (χ4v) is 12.2. The molecule has 0 aliphatic rings. The van der Waals surface area contributed by atoms with Gasteiger partial charge in [-0.15, -0.1) is 0 Å². The Bertz CT molecular complexity index is 2090. The molecule has 0 bridgehead atoms. The minimum atomic E-state index is -1.52. The number of aliphatic carboxylic acids is 1. The van der Waals surface area contributed by atoms with E-state index in [9.17, 15) is 19.5 Å². The van der Waals surface area contributed by atoms with Gasteiger partial charge in [-0.2, -0.15) is 0 Å². The Labute approximate surface area is 625 Å². The third-order valence-electron chi connectivity index (χ3n) is 18.7. The van der Waals surface area contributed by atoms with Gasteiger partial charge in [-0.05, 0) is 109 Å². The summed E-state index contributed by atoms with van der Waals surface area (Å²) in [5.41, 5.74) is 0. The number of likely N-dealkylation sites (N-methyl/N-ethyl adjacent to an activating group) is 1. The number of hydrogen-bond donors (Lipinski definition) is 1. The van der Waals surface area contributed by atoms with Crippen LogP contribution in [0.1, 0.15) is 386 Å². The van der Waals surface area contributed by atoms with Crippen molar-refractivity contribution < 1.29 is 42.9 Å². The van der Waals surface area contributed by atoms with Crippen LogP contribution in [0.4, 0.5) is 0 Å². The zero-order chi connectivity index (χ0) is 73.2. The van der Waals surface area contributed by atoms with Crippen LogP contribution in [0.15, 0.2) is 122 Å². The molecule has 582 valence electrons. The van der Waals surface area contributed by atoms with Gasteiger partial charge in [0.05, 0.1) is 34.4 Å². The number of carboxylic acid groups (broad SMARTS) is 1. The lowest BCUT2D eigenvalue weighted by Gasteiger charge is -2.25. The first-order valence-corrected chi connectivity index (χ1v) is 42.7. The second kappa shape index (κ2) is 81.4. The number of hydrogen-bond acceptors (Lipinski definition) is 7. The van der Waals surface area contributed by atoms with Crippen molar-refractivity contribution in [1.82, 2.24) is 0 Å². The van der Waals surface area contributed by atoms with Crippen LogP contribution in [0.25, 0.3) is 0 Å². The van der Waals surface area contributed by atoms with E-state index in [0.717, 1.165) is 103 Å². The molecule has 0 rings (SSSR count). The van der Waals surface area contributed by atoms with Gasteiger partial charge in [-0.25, -0.2) is 4.79 Å². The van der Waals surface area contributed by atoms with Crippen molar-refractivity contribution in [2.24, 2.45) is 0 Å². The largest absolute Gasteiger partial charge is 0.477 e. The van der Waals surface area contributed by atoms with Crippen molar-refractivity contribution in [1.29, 1.82) is 0 Å². The Balaban J connectivity index is 3.98. The summed E-state index contributed by atoms with van der Waals surface area (Å²) in [6.45, 7) is 4.79. The van der Waals surface area contributed by atoms with Crippen LogP contribution >= 0.6 is 0 Å². The molecule has 0 saturated heterocycles. The molecule has 2 atom stereocenters. The second-order valence-electron chi connectivity index (χ2n) is 29.8. The molecule has 9 heteroatoms. The summed E-state index contributed by atoms with van der Waals surface area (Å²) >= 11 is 0. The first-order chi connectivity index (χ1) is 49.6. The predicted molar refractivity (Wildman–Crippen MR) is 438 cm³/mol. The van der Waals surface area contributed by atoms with Gasteiger partial charge in [0.1, 0.15) is 13.2 Å². The normalized spacial score (nSPS) is 13.2. The Morgan fingerprint density at radius 1 is 0.307 bits per heavy atom. The maximum atomic E-state index is 13.0. The highest BCUT2D eigenvalue weighted by Crippen LogP contribution is 2.19. The third kappa shape index (κ3) is 82.8. The monoisotopic (exact) mass is 1410 g/mol. The van der Waals surface area contributed by atoms with Crippen molar-refractivity contribution in [2.45, 2.75) is 399 Å². The summed E-state index contributed by atoms with van der Waals surface area (Å²) in [5, 5.41) is 9.79. The zero-order valence-electron chi connectivity index (χ0n) is 66.8. The van der Waals surface area contributed by atoms with E-state index < -0.39 is 24.3 Å². The molecule has 0 heterocycles. The maximum Gasteiger partial charge on any atom is 0.361 e. The van der Waals surface area contributed by atoms with Gasteiger partial charge >= 0.3 is 17.9 Å². The van der Waals surface area contributed by atoms with E-state index in [1.165, 1.54) is 257 Å². The van der Waals surface area contributed by atoms with Crippen molar-refractivity contribution in [3.8, 4) is 0 Å². The molecule has 0 aromatic carbocycles. The molecule has 0 amide bonds. The summed E-state index contributed by atoms with van der Waals surface area (Å²) in [4.78, 5) is 37.8. The van der Waals surface area contributed by atoms with Gasteiger partial charge in [0.25, 0.3) is 6.29 Å². The number of carbonyl (C=O) groups is 3. The lowest BCUT2D eigenvalue weighted by Crippen LogP contribution is -2.40. The minimum absolute atomic E-state index is 0.183. The summed E-state index contributed by atoms with van der Waals surface area (Å²) in [5.74, 6) is -1.99. The number of esters is 2. The number of quaternary nitrogens is 1. The lowest BCUT2D eigenvalue weighted by atomic mass is 10.0.